The Kier molecular flexibility index (Phi) is 65.9. The minimum atomic E-state index is -4.95. The molecule has 0 aromatic rings. The van der Waals surface area contributed by atoms with Gasteiger partial charge in [0.15, 0.2) is 12.2 Å². The lowest BCUT2D eigenvalue weighted by molar-refractivity contribution is -0.161. The van der Waals surface area contributed by atoms with E-state index in [-0.39, 0.29) is 25.7 Å². The van der Waals surface area contributed by atoms with Gasteiger partial charge in [0.05, 0.1) is 26.4 Å². The highest BCUT2D eigenvalue weighted by atomic mass is 31.2. The maximum Gasteiger partial charge on any atom is 0.472 e. The first-order valence-corrected chi connectivity index (χ1v) is 41.7. The maximum absolute atomic E-state index is 13.1. The highest BCUT2D eigenvalue weighted by Crippen LogP contribution is 2.45. The summed E-state index contributed by atoms with van der Waals surface area (Å²) in [5.41, 5.74) is 0. The first-order valence-electron chi connectivity index (χ1n) is 38.7. The number of hydrogen-bond donors (Lipinski definition) is 3. The average Bonchev–Trinajstić information content (AvgIpc) is 3.76. The van der Waals surface area contributed by atoms with Crippen molar-refractivity contribution in [3.8, 4) is 0 Å². The van der Waals surface area contributed by atoms with E-state index in [1.165, 1.54) is 205 Å². The van der Waals surface area contributed by atoms with E-state index in [9.17, 15) is 43.2 Å². The summed E-state index contributed by atoms with van der Waals surface area (Å²) in [6.45, 7) is 7.31. The molecule has 0 bridgehead atoms. The lowest BCUT2D eigenvalue weighted by Crippen LogP contribution is -2.30. The lowest BCUT2D eigenvalue weighted by Gasteiger charge is -2.21. The van der Waals surface area contributed by atoms with E-state index in [2.05, 4.69) is 34.6 Å². The van der Waals surface area contributed by atoms with Crippen molar-refractivity contribution < 1.29 is 80.2 Å². The number of rotatable bonds is 74. The van der Waals surface area contributed by atoms with Crippen molar-refractivity contribution in [2.75, 3.05) is 39.6 Å². The van der Waals surface area contributed by atoms with Crippen LogP contribution in [0.3, 0.4) is 0 Å². The lowest BCUT2D eigenvalue weighted by atomic mass is 9.99. The van der Waals surface area contributed by atoms with Crippen LogP contribution in [0.4, 0.5) is 0 Å². The Labute approximate surface area is 568 Å². The molecular formula is C74H144O17P2. The molecule has 0 spiro atoms. The predicted molar refractivity (Wildman–Crippen MR) is 377 cm³/mol. The summed E-state index contributed by atoms with van der Waals surface area (Å²) < 4.78 is 68.4. The fourth-order valence-corrected chi connectivity index (χ4v) is 12.9. The van der Waals surface area contributed by atoms with Gasteiger partial charge in [-0.15, -0.1) is 0 Å². The largest absolute Gasteiger partial charge is 0.472 e. The van der Waals surface area contributed by atoms with Crippen LogP contribution in [0.1, 0.15) is 388 Å². The van der Waals surface area contributed by atoms with Crippen molar-refractivity contribution >= 4 is 39.5 Å². The quantitative estimate of drug-likeness (QED) is 0.0222. The molecule has 0 heterocycles. The average molecular weight is 1370 g/mol. The van der Waals surface area contributed by atoms with Crippen molar-refractivity contribution in [2.24, 2.45) is 5.92 Å². The fourth-order valence-electron chi connectivity index (χ4n) is 11.3. The Morgan fingerprint density at radius 1 is 0.301 bits per heavy atom. The molecule has 0 aliphatic rings. The van der Waals surface area contributed by atoms with Crippen molar-refractivity contribution in [3.63, 3.8) is 0 Å². The minimum Gasteiger partial charge on any atom is -0.462 e. The van der Waals surface area contributed by atoms with Crippen LogP contribution in [-0.4, -0.2) is 96.7 Å². The summed E-state index contributed by atoms with van der Waals surface area (Å²) in [5, 5.41) is 10.6. The molecule has 19 heteroatoms. The summed E-state index contributed by atoms with van der Waals surface area (Å²) in [5.74, 6) is -1.27. The topological polar surface area (TPSA) is 237 Å². The van der Waals surface area contributed by atoms with Gasteiger partial charge in [-0.25, -0.2) is 9.13 Å². The SMILES string of the molecule is CCCCCCCCCCCCCCCCCCC(=O)OC[C@H](COP(=O)(O)OC[C@@H](O)COP(=O)(O)OC[C@@H](COC(=O)CCCCCCCCCC)OC(=O)CCCCCCCCCCCCC)OC(=O)CCCCCCCCCCCCCCCCC(C)CC. The molecular weight excluding hydrogens is 1220 g/mol. The molecule has 0 fully saturated rings. The molecule has 0 radical (unpaired) electrons. The molecule has 0 aromatic carbocycles. The standard InChI is InChI=1S/C74H144O17P2/c1-6-10-13-16-19-22-24-25-26-27-31-35-38-43-48-53-58-72(77)85-64-70(91-74(79)60-55-50-45-40-36-32-29-28-30-34-37-41-46-51-56-67(5)9-4)66-89-93(82,83)87-62-68(75)61-86-92(80,81)88-65-69(63-84-71(76)57-52-47-42-21-18-15-12-8-3)90-73(78)59-54-49-44-39-33-23-20-17-14-11-7-2/h67-70,75H,6-66H2,1-5H3,(H,80,81)(H,82,83)/t67?,68-,69+,70+/m0/s1. The summed E-state index contributed by atoms with van der Waals surface area (Å²) in [6, 6.07) is 0. The molecule has 0 aromatic heterocycles. The second-order valence-corrected chi connectivity index (χ2v) is 29.8. The van der Waals surface area contributed by atoms with E-state index in [0.29, 0.717) is 25.7 Å². The molecule has 0 saturated heterocycles. The number of hydrogen-bond acceptors (Lipinski definition) is 15. The molecule has 0 aliphatic heterocycles. The number of aliphatic hydroxyl groups excluding tert-OH is 1. The zero-order chi connectivity index (χ0) is 68.4. The van der Waals surface area contributed by atoms with Crippen LogP contribution in [0.2, 0.25) is 0 Å². The molecule has 17 nitrogen and oxygen atoms in total. The Morgan fingerprint density at radius 3 is 0.763 bits per heavy atom. The van der Waals surface area contributed by atoms with Crippen molar-refractivity contribution in [2.45, 2.75) is 406 Å². The molecule has 3 unspecified atom stereocenters. The molecule has 552 valence electrons. The number of esters is 4. The molecule has 0 saturated carbocycles. The van der Waals surface area contributed by atoms with Crippen LogP contribution in [0, 0.1) is 5.92 Å². The van der Waals surface area contributed by atoms with Crippen LogP contribution in [0.5, 0.6) is 0 Å². The second kappa shape index (κ2) is 67.3. The molecule has 0 aliphatic carbocycles. The Morgan fingerprint density at radius 2 is 0.516 bits per heavy atom. The van der Waals surface area contributed by atoms with Crippen molar-refractivity contribution in [3.05, 3.63) is 0 Å². The number of phosphoric acid groups is 2. The summed E-state index contributed by atoms with van der Waals surface area (Å²) in [7, 11) is -9.90. The smallest absolute Gasteiger partial charge is 0.462 e. The zero-order valence-corrected chi connectivity index (χ0v) is 62.2. The monoisotopic (exact) mass is 1370 g/mol. The van der Waals surface area contributed by atoms with Gasteiger partial charge >= 0.3 is 39.5 Å². The van der Waals surface area contributed by atoms with E-state index in [0.717, 1.165) is 102 Å². The van der Waals surface area contributed by atoms with E-state index in [1.54, 1.807) is 0 Å². The van der Waals surface area contributed by atoms with Crippen molar-refractivity contribution in [1.29, 1.82) is 0 Å². The highest BCUT2D eigenvalue weighted by Gasteiger charge is 2.30. The normalized spacial score (nSPS) is 14.3. The van der Waals surface area contributed by atoms with Crippen LogP contribution in [0.25, 0.3) is 0 Å². The van der Waals surface area contributed by atoms with Gasteiger partial charge < -0.3 is 33.8 Å². The Hall–Kier alpha value is -1.94. The summed E-state index contributed by atoms with van der Waals surface area (Å²) in [4.78, 5) is 72.6. The Bertz CT molecular complexity index is 1790. The number of ether oxygens (including phenoxy) is 4. The third-order valence-electron chi connectivity index (χ3n) is 17.6. The van der Waals surface area contributed by atoms with E-state index in [1.807, 2.05) is 0 Å². The van der Waals surface area contributed by atoms with Gasteiger partial charge in [0.1, 0.15) is 19.3 Å². The third kappa shape index (κ3) is 67.0. The molecule has 6 atom stereocenters. The number of phosphoric ester groups is 2. The first kappa shape index (κ1) is 91.1. The zero-order valence-electron chi connectivity index (χ0n) is 60.4. The van der Waals surface area contributed by atoms with Gasteiger partial charge in [-0.3, -0.25) is 37.3 Å². The predicted octanol–water partition coefficient (Wildman–Crippen LogP) is 21.7. The Balaban J connectivity index is 5.21. The fraction of sp³-hybridized carbons (Fsp3) is 0.946. The number of unbranched alkanes of at least 4 members (excludes halogenated alkanes) is 45. The minimum absolute atomic E-state index is 0.107. The van der Waals surface area contributed by atoms with E-state index >= 15 is 0 Å². The van der Waals surface area contributed by atoms with Gasteiger partial charge in [0, 0.05) is 25.7 Å². The van der Waals surface area contributed by atoms with E-state index in [4.69, 9.17) is 37.0 Å². The van der Waals surface area contributed by atoms with Gasteiger partial charge in [-0.2, -0.15) is 0 Å². The first-order chi connectivity index (χ1) is 45.1. The summed E-state index contributed by atoms with van der Waals surface area (Å²) in [6.07, 6.45) is 55.4. The summed E-state index contributed by atoms with van der Waals surface area (Å²) >= 11 is 0. The van der Waals surface area contributed by atoms with Crippen LogP contribution in [-0.2, 0) is 65.4 Å². The van der Waals surface area contributed by atoms with Gasteiger partial charge in [0.25, 0.3) is 0 Å². The number of carbonyl (C=O) groups excluding carboxylic acids is 4. The van der Waals surface area contributed by atoms with Gasteiger partial charge in [-0.1, -0.05) is 336 Å². The van der Waals surface area contributed by atoms with Crippen LogP contribution >= 0.6 is 15.6 Å². The van der Waals surface area contributed by atoms with Gasteiger partial charge in [-0.05, 0) is 31.6 Å². The van der Waals surface area contributed by atoms with Crippen molar-refractivity contribution in [1.82, 2.24) is 0 Å². The maximum atomic E-state index is 13.1. The van der Waals surface area contributed by atoms with Gasteiger partial charge in [0.2, 0.25) is 0 Å². The molecule has 93 heavy (non-hydrogen) atoms. The number of aliphatic hydroxyl groups is 1. The number of carbonyl (C=O) groups is 4. The van der Waals surface area contributed by atoms with Crippen LogP contribution < -0.4 is 0 Å². The van der Waals surface area contributed by atoms with Crippen LogP contribution in [0.15, 0.2) is 0 Å². The molecule has 0 amide bonds. The van der Waals surface area contributed by atoms with E-state index < -0.39 is 97.5 Å². The third-order valence-corrected chi connectivity index (χ3v) is 19.5. The highest BCUT2D eigenvalue weighted by molar-refractivity contribution is 7.47. The molecule has 3 N–H and O–H groups in total. The second-order valence-electron chi connectivity index (χ2n) is 26.9. The molecule has 0 rings (SSSR count).